The van der Waals surface area contributed by atoms with Crippen LogP contribution in [0, 0.1) is 6.92 Å². The van der Waals surface area contributed by atoms with Crippen LogP contribution in [0.5, 0.6) is 5.75 Å². The van der Waals surface area contributed by atoms with Crippen molar-refractivity contribution in [2.45, 2.75) is 32.5 Å². The van der Waals surface area contributed by atoms with Crippen molar-refractivity contribution in [2.24, 2.45) is 0 Å². The number of hydrogen-bond donors (Lipinski definition) is 2. The second-order valence-electron chi connectivity index (χ2n) is 5.87. The fourth-order valence-electron chi connectivity index (χ4n) is 2.50. The second-order valence-corrected chi connectivity index (χ2v) is 5.87. The molecule has 5 nitrogen and oxygen atoms in total. The predicted octanol–water partition coefficient (Wildman–Crippen LogP) is 3.14. The van der Waals surface area contributed by atoms with Crippen LogP contribution in [0.15, 0.2) is 48.5 Å². The molecule has 0 aliphatic rings. The summed E-state index contributed by atoms with van der Waals surface area (Å²) in [7, 11) is 0. The van der Waals surface area contributed by atoms with Crippen molar-refractivity contribution in [2.75, 3.05) is 13.2 Å². The topological polar surface area (TPSA) is 76.0 Å². The Bertz CT molecular complexity index is 681. The maximum absolute atomic E-state index is 11.1. The van der Waals surface area contributed by atoms with Gasteiger partial charge >= 0.3 is 5.97 Å². The zero-order chi connectivity index (χ0) is 18.2. The van der Waals surface area contributed by atoms with Gasteiger partial charge in [0.2, 0.25) is 0 Å². The van der Waals surface area contributed by atoms with Crippen molar-refractivity contribution in [1.29, 1.82) is 0 Å². The third kappa shape index (κ3) is 5.89. The van der Waals surface area contributed by atoms with Crippen molar-refractivity contribution >= 4 is 5.97 Å². The normalized spacial score (nSPS) is 13.2. The Morgan fingerprint density at radius 3 is 2.48 bits per heavy atom. The number of aliphatic carboxylic acids is 1. The van der Waals surface area contributed by atoms with Crippen molar-refractivity contribution in [1.82, 2.24) is 0 Å². The first-order valence-corrected chi connectivity index (χ1v) is 8.30. The Hall–Kier alpha value is -2.37. The Labute approximate surface area is 147 Å². The van der Waals surface area contributed by atoms with Gasteiger partial charge in [0, 0.05) is 13.0 Å². The number of carboxylic acids is 1. The van der Waals surface area contributed by atoms with Crippen LogP contribution in [0.25, 0.3) is 0 Å². The number of ether oxygens (including phenoxy) is 2. The van der Waals surface area contributed by atoms with E-state index in [2.05, 4.69) is 0 Å². The Balaban J connectivity index is 1.90. The van der Waals surface area contributed by atoms with Crippen molar-refractivity contribution in [3.8, 4) is 5.75 Å². The van der Waals surface area contributed by atoms with Crippen LogP contribution < -0.4 is 4.74 Å². The van der Waals surface area contributed by atoms with Gasteiger partial charge in [-0.15, -0.1) is 0 Å². The SMILES string of the molecule is CCO[C@@H](Cc1ccc(OC[C@@H](O)c2cccc(C)c2)cc1)C(=O)O. The molecule has 2 aromatic rings. The highest BCUT2D eigenvalue weighted by Crippen LogP contribution is 2.19. The highest BCUT2D eigenvalue weighted by molar-refractivity contribution is 5.72. The minimum atomic E-state index is -0.969. The van der Waals surface area contributed by atoms with Crippen molar-refractivity contribution in [3.05, 3.63) is 65.2 Å². The van der Waals surface area contributed by atoms with Crippen molar-refractivity contribution < 1.29 is 24.5 Å². The molecular weight excluding hydrogens is 320 g/mol. The van der Waals surface area contributed by atoms with Gasteiger partial charge in [0.1, 0.15) is 18.5 Å². The van der Waals surface area contributed by atoms with E-state index < -0.39 is 18.2 Å². The molecule has 0 unspecified atom stereocenters. The zero-order valence-corrected chi connectivity index (χ0v) is 14.5. The second kappa shape index (κ2) is 9.20. The summed E-state index contributed by atoms with van der Waals surface area (Å²) in [6.45, 7) is 4.25. The fraction of sp³-hybridized carbons (Fsp3) is 0.350. The molecule has 134 valence electrons. The van der Waals surface area contributed by atoms with Crippen LogP contribution in [0.2, 0.25) is 0 Å². The van der Waals surface area contributed by atoms with Gasteiger partial charge in [0.05, 0.1) is 0 Å². The molecule has 0 amide bonds. The van der Waals surface area contributed by atoms with E-state index in [4.69, 9.17) is 14.6 Å². The molecule has 0 radical (unpaired) electrons. The highest BCUT2D eigenvalue weighted by atomic mass is 16.5. The molecule has 0 bridgehead atoms. The number of aliphatic hydroxyl groups is 1. The number of benzene rings is 2. The van der Waals surface area contributed by atoms with Crippen LogP contribution in [-0.2, 0) is 16.0 Å². The number of aryl methyl sites for hydroxylation is 1. The Morgan fingerprint density at radius 1 is 1.16 bits per heavy atom. The molecule has 0 heterocycles. The number of hydrogen-bond acceptors (Lipinski definition) is 4. The van der Waals surface area contributed by atoms with Crippen LogP contribution in [0.4, 0.5) is 0 Å². The molecule has 25 heavy (non-hydrogen) atoms. The van der Waals surface area contributed by atoms with Gasteiger partial charge in [-0.05, 0) is 37.1 Å². The Kier molecular flexibility index (Phi) is 6.98. The standard InChI is InChI=1S/C20H24O5/c1-3-24-19(20(22)23)12-15-7-9-17(10-8-15)25-13-18(21)16-6-4-5-14(2)11-16/h4-11,18-19,21H,3,12-13H2,1-2H3,(H,22,23)/t18-,19+/m1/s1. The largest absolute Gasteiger partial charge is 0.491 e. The number of carboxylic acid groups (broad SMARTS) is 1. The van der Waals surface area contributed by atoms with Gasteiger partial charge in [-0.25, -0.2) is 4.79 Å². The van der Waals surface area contributed by atoms with Gasteiger partial charge in [0.15, 0.2) is 6.10 Å². The van der Waals surface area contributed by atoms with E-state index in [1.807, 2.05) is 43.3 Å². The summed E-state index contributed by atoms with van der Waals surface area (Å²) >= 11 is 0. The molecule has 2 N–H and O–H groups in total. The average Bonchev–Trinajstić information content (AvgIpc) is 2.60. The number of rotatable bonds is 9. The van der Waals surface area contributed by atoms with E-state index in [0.717, 1.165) is 16.7 Å². The molecule has 0 aromatic heterocycles. The van der Waals surface area contributed by atoms with Gasteiger partial charge < -0.3 is 19.7 Å². The lowest BCUT2D eigenvalue weighted by Gasteiger charge is -2.14. The molecule has 2 atom stereocenters. The lowest BCUT2D eigenvalue weighted by molar-refractivity contribution is -0.149. The van der Waals surface area contributed by atoms with Crippen LogP contribution in [-0.4, -0.2) is 35.5 Å². The number of carbonyl (C=O) groups is 1. The monoisotopic (exact) mass is 344 g/mol. The smallest absolute Gasteiger partial charge is 0.333 e. The first-order chi connectivity index (χ1) is 12.0. The molecular formula is C20H24O5. The minimum Gasteiger partial charge on any atom is -0.491 e. The summed E-state index contributed by atoms with van der Waals surface area (Å²) in [5, 5.41) is 19.3. The molecule has 0 fully saturated rings. The van der Waals surface area contributed by atoms with E-state index in [9.17, 15) is 9.90 Å². The zero-order valence-electron chi connectivity index (χ0n) is 14.5. The third-order valence-corrected chi connectivity index (χ3v) is 3.82. The minimum absolute atomic E-state index is 0.152. The van der Waals surface area contributed by atoms with Gasteiger partial charge in [-0.1, -0.05) is 42.0 Å². The van der Waals surface area contributed by atoms with E-state index in [-0.39, 0.29) is 6.61 Å². The van der Waals surface area contributed by atoms with E-state index in [1.165, 1.54) is 0 Å². The first-order valence-electron chi connectivity index (χ1n) is 8.30. The summed E-state index contributed by atoms with van der Waals surface area (Å²) in [5.41, 5.74) is 2.76. The average molecular weight is 344 g/mol. The maximum Gasteiger partial charge on any atom is 0.333 e. The maximum atomic E-state index is 11.1. The van der Waals surface area contributed by atoms with E-state index >= 15 is 0 Å². The summed E-state index contributed by atoms with van der Waals surface area (Å²) in [6.07, 6.45) is -1.25. The summed E-state index contributed by atoms with van der Waals surface area (Å²) in [5.74, 6) is -0.345. The van der Waals surface area contributed by atoms with Crippen LogP contribution in [0.1, 0.15) is 29.7 Å². The van der Waals surface area contributed by atoms with Gasteiger partial charge in [-0.3, -0.25) is 0 Å². The molecule has 2 aromatic carbocycles. The van der Waals surface area contributed by atoms with E-state index in [0.29, 0.717) is 18.8 Å². The molecule has 0 aliphatic heterocycles. The summed E-state index contributed by atoms with van der Waals surface area (Å²) in [4.78, 5) is 11.1. The van der Waals surface area contributed by atoms with Gasteiger partial charge in [0.25, 0.3) is 0 Å². The molecule has 0 saturated carbocycles. The van der Waals surface area contributed by atoms with Crippen molar-refractivity contribution in [3.63, 3.8) is 0 Å². The number of aliphatic hydroxyl groups excluding tert-OH is 1. The highest BCUT2D eigenvalue weighted by Gasteiger charge is 2.17. The Morgan fingerprint density at radius 2 is 1.88 bits per heavy atom. The first kappa shape index (κ1) is 19.0. The third-order valence-electron chi connectivity index (χ3n) is 3.82. The summed E-state index contributed by atoms with van der Waals surface area (Å²) in [6, 6.07) is 14.8. The van der Waals surface area contributed by atoms with E-state index in [1.54, 1.807) is 19.1 Å². The van der Waals surface area contributed by atoms with Crippen LogP contribution in [0.3, 0.4) is 0 Å². The molecule has 5 heteroatoms. The lowest BCUT2D eigenvalue weighted by Crippen LogP contribution is -2.26. The lowest BCUT2D eigenvalue weighted by atomic mass is 10.1. The molecule has 0 aliphatic carbocycles. The summed E-state index contributed by atoms with van der Waals surface area (Å²) < 4.78 is 10.8. The molecule has 0 saturated heterocycles. The quantitative estimate of drug-likeness (QED) is 0.731. The molecule has 2 rings (SSSR count). The molecule has 0 spiro atoms. The van der Waals surface area contributed by atoms with Gasteiger partial charge in [-0.2, -0.15) is 0 Å². The fourth-order valence-corrected chi connectivity index (χ4v) is 2.50. The van der Waals surface area contributed by atoms with Crippen LogP contribution >= 0.6 is 0 Å². The predicted molar refractivity (Wildman–Crippen MR) is 94.8 cm³/mol.